The molecule has 1 aliphatic rings. The number of hydrogen-bond donors (Lipinski definition) is 2. The molecule has 0 aromatic carbocycles. The summed E-state index contributed by atoms with van der Waals surface area (Å²) >= 11 is 0. The second kappa shape index (κ2) is 5.28. The summed E-state index contributed by atoms with van der Waals surface area (Å²) in [6.07, 6.45) is 3.48. The minimum absolute atomic E-state index is 0.224. The monoisotopic (exact) mass is 215 g/mol. The molecule has 1 heterocycles. The third-order valence-electron chi connectivity index (χ3n) is 3.30. The van der Waals surface area contributed by atoms with Crippen LogP contribution in [0.15, 0.2) is 0 Å². The molecule has 0 bridgehead atoms. The zero-order chi connectivity index (χ0) is 11.5. The van der Waals surface area contributed by atoms with Crippen LogP contribution in [0.2, 0.25) is 0 Å². The van der Waals surface area contributed by atoms with Crippen molar-refractivity contribution in [2.24, 2.45) is 0 Å². The van der Waals surface area contributed by atoms with Crippen molar-refractivity contribution in [3.8, 4) is 0 Å². The van der Waals surface area contributed by atoms with Gasteiger partial charge in [-0.05, 0) is 47.0 Å². The maximum Gasteiger partial charge on any atom is 0.0688 e. The van der Waals surface area contributed by atoms with Crippen LogP contribution in [0.4, 0.5) is 0 Å². The second-order valence-electron chi connectivity index (χ2n) is 5.31. The molecule has 3 nitrogen and oxygen atoms in total. The molecule has 0 radical (unpaired) electrons. The van der Waals surface area contributed by atoms with Crippen molar-refractivity contribution < 1.29 is 9.84 Å². The molecule has 3 unspecified atom stereocenters. The summed E-state index contributed by atoms with van der Waals surface area (Å²) < 4.78 is 5.60. The van der Waals surface area contributed by atoms with E-state index < -0.39 is 0 Å². The van der Waals surface area contributed by atoms with Crippen LogP contribution in [-0.4, -0.2) is 35.5 Å². The van der Waals surface area contributed by atoms with Gasteiger partial charge in [0.1, 0.15) is 0 Å². The van der Waals surface area contributed by atoms with E-state index in [9.17, 15) is 5.11 Å². The predicted octanol–water partition coefficient (Wildman–Crippen LogP) is 1.69. The van der Waals surface area contributed by atoms with E-state index in [2.05, 4.69) is 12.2 Å². The van der Waals surface area contributed by atoms with E-state index in [1.54, 1.807) is 0 Å². The summed E-state index contributed by atoms with van der Waals surface area (Å²) in [5.41, 5.74) is -0.224. The Morgan fingerprint density at radius 2 is 2.13 bits per heavy atom. The highest BCUT2D eigenvalue weighted by Gasteiger charge is 2.27. The number of nitrogens with one attached hydrogen (secondary N) is 1. The number of rotatable bonds is 5. The Morgan fingerprint density at radius 1 is 1.47 bits per heavy atom. The molecule has 0 aromatic heterocycles. The van der Waals surface area contributed by atoms with Crippen molar-refractivity contribution in [3.05, 3.63) is 0 Å². The predicted molar refractivity (Wildman–Crippen MR) is 61.9 cm³/mol. The fraction of sp³-hybridized carbons (Fsp3) is 1.00. The largest absolute Gasteiger partial charge is 0.392 e. The summed E-state index contributed by atoms with van der Waals surface area (Å²) in [6, 6.07) is 0.387. The molecule has 2 N–H and O–H groups in total. The van der Waals surface area contributed by atoms with E-state index in [1.165, 1.54) is 12.8 Å². The number of ether oxygens (including phenoxy) is 1. The summed E-state index contributed by atoms with van der Waals surface area (Å²) in [7, 11) is 0. The summed E-state index contributed by atoms with van der Waals surface area (Å²) in [4.78, 5) is 0. The van der Waals surface area contributed by atoms with E-state index in [1.807, 2.05) is 20.8 Å². The first kappa shape index (κ1) is 12.9. The molecule has 0 saturated carbocycles. The number of aliphatic hydroxyl groups is 1. The topological polar surface area (TPSA) is 41.5 Å². The van der Waals surface area contributed by atoms with E-state index in [0.29, 0.717) is 12.1 Å². The van der Waals surface area contributed by atoms with Gasteiger partial charge in [0.2, 0.25) is 0 Å². The van der Waals surface area contributed by atoms with Crippen LogP contribution >= 0.6 is 0 Å². The molecule has 0 aromatic rings. The summed E-state index contributed by atoms with van der Waals surface area (Å²) in [5.74, 6) is 0. The van der Waals surface area contributed by atoms with Crippen molar-refractivity contribution in [2.75, 3.05) is 6.61 Å². The average Bonchev–Trinajstić information content (AvgIpc) is 2.54. The lowest BCUT2D eigenvalue weighted by Gasteiger charge is -2.33. The Balaban J connectivity index is 2.31. The zero-order valence-corrected chi connectivity index (χ0v) is 10.4. The summed E-state index contributed by atoms with van der Waals surface area (Å²) in [6.45, 7) is 8.96. The molecule has 1 fully saturated rings. The lowest BCUT2D eigenvalue weighted by Crippen LogP contribution is -2.52. The smallest absolute Gasteiger partial charge is 0.0688 e. The van der Waals surface area contributed by atoms with Gasteiger partial charge in [0.25, 0.3) is 0 Å². The van der Waals surface area contributed by atoms with E-state index >= 15 is 0 Å². The van der Waals surface area contributed by atoms with Crippen molar-refractivity contribution in [3.63, 3.8) is 0 Å². The molecule has 0 spiro atoms. The second-order valence-corrected chi connectivity index (χ2v) is 5.31. The van der Waals surface area contributed by atoms with Gasteiger partial charge in [0, 0.05) is 18.2 Å². The third-order valence-corrected chi connectivity index (χ3v) is 3.30. The quantitative estimate of drug-likeness (QED) is 0.733. The molecule has 1 rings (SSSR count). The molecule has 3 heteroatoms. The van der Waals surface area contributed by atoms with Gasteiger partial charge >= 0.3 is 0 Å². The highest BCUT2D eigenvalue weighted by atomic mass is 16.5. The van der Waals surface area contributed by atoms with Gasteiger partial charge in [-0.1, -0.05) is 0 Å². The number of hydrogen-bond acceptors (Lipinski definition) is 3. The van der Waals surface area contributed by atoms with Crippen LogP contribution in [0.5, 0.6) is 0 Å². The minimum Gasteiger partial charge on any atom is -0.392 e. The minimum atomic E-state index is -0.343. The first-order chi connectivity index (χ1) is 6.92. The van der Waals surface area contributed by atoms with Crippen LogP contribution in [0.1, 0.15) is 47.0 Å². The molecular weight excluding hydrogens is 190 g/mol. The molecule has 0 amide bonds. The van der Waals surface area contributed by atoms with Crippen molar-refractivity contribution >= 4 is 0 Å². The average molecular weight is 215 g/mol. The van der Waals surface area contributed by atoms with Crippen LogP contribution in [0, 0.1) is 0 Å². The zero-order valence-electron chi connectivity index (χ0n) is 10.4. The Hall–Kier alpha value is -0.120. The van der Waals surface area contributed by atoms with Crippen molar-refractivity contribution in [1.82, 2.24) is 5.32 Å². The number of aliphatic hydroxyl groups excluding tert-OH is 1. The van der Waals surface area contributed by atoms with Gasteiger partial charge in [0.15, 0.2) is 0 Å². The van der Waals surface area contributed by atoms with Crippen LogP contribution in [-0.2, 0) is 4.74 Å². The first-order valence-electron chi connectivity index (χ1n) is 5.99. The Labute approximate surface area is 93.2 Å². The lowest BCUT2D eigenvalue weighted by atomic mass is 9.96. The van der Waals surface area contributed by atoms with E-state index in [0.717, 1.165) is 13.0 Å². The van der Waals surface area contributed by atoms with Gasteiger partial charge in [0.05, 0.1) is 12.2 Å². The van der Waals surface area contributed by atoms with Gasteiger partial charge in [-0.2, -0.15) is 0 Å². The molecular formula is C12H25NO2. The Morgan fingerprint density at radius 3 is 2.60 bits per heavy atom. The van der Waals surface area contributed by atoms with Gasteiger partial charge < -0.3 is 15.2 Å². The highest BCUT2D eigenvalue weighted by molar-refractivity contribution is 4.86. The van der Waals surface area contributed by atoms with Crippen LogP contribution < -0.4 is 5.32 Å². The van der Waals surface area contributed by atoms with Crippen molar-refractivity contribution in [1.29, 1.82) is 0 Å². The first-order valence-corrected chi connectivity index (χ1v) is 5.99. The van der Waals surface area contributed by atoms with Crippen LogP contribution in [0.3, 0.4) is 0 Å². The maximum atomic E-state index is 9.60. The molecule has 3 atom stereocenters. The third kappa shape index (κ3) is 4.09. The van der Waals surface area contributed by atoms with Crippen molar-refractivity contribution in [2.45, 2.75) is 70.7 Å². The molecule has 15 heavy (non-hydrogen) atoms. The van der Waals surface area contributed by atoms with Gasteiger partial charge in [-0.15, -0.1) is 0 Å². The molecule has 1 aliphatic heterocycles. The summed E-state index contributed by atoms with van der Waals surface area (Å²) in [5, 5.41) is 13.0. The molecule has 0 aliphatic carbocycles. The Kier molecular flexibility index (Phi) is 4.56. The van der Waals surface area contributed by atoms with Crippen LogP contribution in [0.25, 0.3) is 0 Å². The normalized spacial score (nSPS) is 26.6. The maximum absolute atomic E-state index is 9.60. The molecule has 90 valence electrons. The van der Waals surface area contributed by atoms with Gasteiger partial charge in [-0.25, -0.2) is 0 Å². The fourth-order valence-electron chi connectivity index (χ4n) is 2.04. The highest BCUT2D eigenvalue weighted by Crippen LogP contribution is 2.18. The van der Waals surface area contributed by atoms with Gasteiger partial charge in [-0.3, -0.25) is 0 Å². The molecule has 1 saturated heterocycles. The lowest BCUT2D eigenvalue weighted by molar-refractivity contribution is 0.0675. The SMILES string of the molecule is CC(CC1CCCO1)NC(C)(C)C(C)O. The Bertz CT molecular complexity index is 186. The van der Waals surface area contributed by atoms with E-state index in [4.69, 9.17) is 4.74 Å². The fourth-order valence-corrected chi connectivity index (χ4v) is 2.04. The van der Waals surface area contributed by atoms with E-state index in [-0.39, 0.29) is 11.6 Å². The standard InChI is InChI=1S/C12H25NO2/c1-9(8-11-6-5-7-15-11)13-12(3,4)10(2)14/h9-11,13-14H,5-8H2,1-4H3.